The monoisotopic (exact) mass is 276 g/mol. The first-order valence-corrected chi connectivity index (χ1v) is 6.34. The van der Waals surface area contributed by atoms with E-state index in [4.69, 9.17) is 0 Å². The van der Waals surface area contributed by atoms with Gasteiger partial charge in [-0.3, -0.25) is 14.4 Å². The third-order valence-electron chi connectivity index (χ3n) is 3.62. The van der Waals surface area contributed by atoms with E-state index in [1.54, 1.807) is 0 Å². The fourth-order valence-corrected chi connectivity index (χ4v) is 2.52. The van der Waals surface area contributed by atoms with Crippen LogP contribution in [0.25, 0.3) is 0 Å². The van der Waals surface area contributed by atoms with E-state index < -0.39 is 29.6 Å². The Hall–Kier alpha value is -2.17. The Morgan fingerprint density at radius 1 is 0.950 bits per heavy atom. The Kier molecular flexibility index (Phi) is 4.17. The Labute approximate surface area is 116 Å². The average Bonchev–Trinajstić information content (AvgIpc) is 2.63. The second-order valence-electron chi connectivity index (χ2n) is 4.73. The van der Waals surface area contributed by atoms with E-state index in [2.05, 4.69) is 9.47 Å². The molecule has 1 aliphatic rings. The zero-order valence-corrected chi connectivity index (χ0v) is 11.4. The molecule has 0 N–H and O–H groups in total. The number of fused-ring (bicyclic) bond motifs is 1. The largest absolute Gasteiger partial charge is 0.468 e. The number of rotatable bonds is 2. The highest BCUT2D eigenvalue weighted by Crippen LogP contribution is 2.27. The summed E-state index contributed by atoms with van der Waals surface area (Å²) in [6.07, 6.45) is 0.518. The van der Waals surface area contributed by atoms with E-state index in [1.807, 2.05) is 24.3 Å². The van der Waals surface area contributed by atoms with Gasteiger partial charge in [0.15, 0.2) is 5.78 Å². The van der Waals surface area contributed by atoms with Gasteiger partial charge in [0.25, 0.3) is 0 Å². The Bertz CT molecular complexity index is 502. The maximum Gasteiger partial charge on any atom is 0.316 e. The van der Waals surface area contributed by atoms with E-state index >= 15 is 0 Å². The van der Waals surface area contributed by atoms with Crippen molar-refractivity contribution in [2.75, 3.05) is 14.2 Å². The minimum Gasteiger partial charge on any atom is -0.468 e. The van der Waals surface area contributed by atoms with Crippen LogP contribution >= 0.6 is 0 Å². The molecule has 20 heavy (non-hydrogen) atoms. The number of esters is 2. The SMILES string of the molecule is COC(=O)C1Cc2ccccc2CC(C(=O)OC)C1=O. The van der Waals surface area contributed by atoms with Gasteiger partial charge in [0.1, 0.15) is 11.8 Å². The molecule has 0 saturated carbocycles. The van der Waals surface area contributed by atoms with E-state index in [-0.39, 0.29) is 12.8 Å². The highest BCUT2D eigenvalue weighted by Gasteiger charge is 2.40. The van der Waals surface area contributed by atoms with Gasteiger partial charge in [0, 0.05) is 0 Å². The predicted molar refractivity (Wildman–Crippen MR) is 69.9 cm³/mol. The molecule has 2 rings (SSSR count). The number of carbonyl (C=O) groups is 3. The van der Waals surface area contributed by atoms with E-state index in [0.717, 1.165) is 11.1 Å². The molecular weight excluding hydrogens is 260 g/mol. The van der Waals surface area contributed by atoms with Gasteiger partial charge < -0.3 is 9.47 Å². The number of Topliss-reactive ketones (excluding diaryl/α,β-unsaturated/α-hetero) is 1. The maximum atomic E-state index is 12.4. The maximum absolute atomic E-state index is 12.4. The van der Waals surface area contributed by atoms with Gasteiger partial charge >= 0.3 is 11.9 Å². The molecule has 1 aromatic carbocycles. The van der Waals surface area contributed by atoms with Crippen molar-refractivity contribution in [3.05, 3.63) is 35.4 Å². The molecule has 0 aromatic heterocycles. The lowest BCUT2D eigenvalue weighted by Crippen LogP contribution is -2.35. The zero-order chi connectivity index (χ0) is 14.7. The Balaban J connectivity index is 2.44. The van der Waals surface area contributed by atoms with E-state index in [1.165, 1.54) is 14.2 Å². The third-order valence-corrected chi connectivity index (χ3v) is 3.62. The molecule has 0 radical (unpaired) electrons. The Morgan fingerprint density at radius 2 is 1.35 bits per heavy atom. The molecular formula is C15H16O5. The molecule has 2 atom stereocenters. The topological polar surface area (TPSA) is 69.7 Å². The van der Waals surface area contributed by atoms with Gasteiger partial charge in [-0.2, -0.15) is 0 Å². The average molecular weight is 276 g/mol. The molecule has 0 amide bonds. The number of benzene rings is 1. The van der Waals surface area contributed by atoms with Crippen LogP contribution in [0.2, 0.25) is 0 Å². The van der Waals surface area contributed by atoms with E-state index in [0.29, 0.717) is 0 Å². The second kappa shape index (κ2) is 5.86. The first kappa shape index (κ1) is 14.2. The lowest BCUT2D eigenvalue weighted by atomic mass is 9.90. The van der Waals surface area contributed by atoms with Crippen molar-refractivity contribution in [2.24, 2.45) is 11.8 Å². The van der Waals surface area contributed by atoms with Crippen molar-refractivity contribution in [2.45, 2.75) is 12.8 Å². The number of ketones is 1. The van der Waals surface area contributed by atoms with Crippen molar-refractivity contribution in [1.82, 2.24) is 0 Å². The van der Waals surface area contributed by atoms with Crippen molar-refractivity contribution >= 4 is 17.7 Å². The summed E-state index contributed by atoms with van der Waals surface area (Å²) in [4.78, 5) is 36.0. The molecule has 0 bridgehead atoms. The summed E-state index contributed by atoms with van der Waals surface area (Å²) in [5.41, 5.74) is 1.78. The van der Waals surface area contributed by atoms with Crippen molar-refractivity contribution in [3.63, 3.8) is 0 Å². The van der Waals surface area contributed by atoms with Gasteiger partial charge in [0.2, 0.25) is 0 Å². The summed E-state index contributed by atoms with van der Waals surface area (Å²) in [7, 11) is 2.47. The van der Waals surface area contributed by atoms with Crippen LogP contribution < -0.4 is 0 Å². The number of carbonyl (C=O) groups excluding carboxylic acids is 3. The minimum absolute atomic E-state index is 0.259. The van der Waals surface area contributed by atoms with Crippen LogP contribution in [0.1, 0.15) is 11.1 Å². The molecule has 1 aromatic rings. The second-order valence-corrected chi connectivity index (χ2v) is 4.73. The highest BCUT2D eigenvalue weighted by atomic mass is 16.5. The van der Waals surface area contributed by atoms with Crippen LogP contribution in [0.4, 0.5) is 0 Å². The summed E-state index contributed by atoms with van der Waals surface area (Å²) >= 11 is 0. The smallest absolute Gasteiger partial charge is 0.316 e. The van der Waals surface area contributed by atoms with Gasteiger partial charge in [-0.15, -0.1) is 0 Å². The quantitative estimate of drug-likeness (QED) is 0.456. The van der Waals surface area contributed by atoms with Gasteiger partial charge in [-0.05, 0) is 24.0 Å². The van der Waals surface area contributed by atoms with Crippen LogP contribution in [0.5, 0.6) is 0 Å². The van der Waals surface area contributed by atoms with Gasteiger partial charge in [-0.1, -0.05) is 24.3 Å². The highest BCUT2D eigenvalue weighted by molar-refractivity contribution is 6.09. The van der Waals surface area contributed by atoms with Crippen LogP contribution in [-0.4, -0.2) is 31.9 Å². The molecule has 106 valence electrons. The number of hydrogen-bond donors (Lipinski definition) is 0. The third kappa shape index (κ3) is 2.57. The molecule has 0 fully saturated rings. The summed E-state index contributed by atoms with van der Waals surface area (Å²) in [6.45, 7) is 0. The summed E-state index contributed by atoms with van der Waals surface area (Å²) in [5.74, 6) is -3.55. The molecule has 0 spiro atoms. The first-order chi connectivity index (χ1) is 9.58. The Morgan fingerprint density at radius 3 is 1.70 bits per heavy atom. The normalized spacial score (nSPS) is 21.6. The molecule has 1 aliphatic carbocycles. The van der Waals surface area contributed by atoms with Crippen molar-refractivity contribution < 1.29 is 23.9 Å². The summed E-state index contributed by atoms with van der Waals surface area (Å²) in [5, 5.41) is 0. The molecule has 0 saturated heterocycles. The first-order valence-electron chi connectivity index (χ1n) is 6.34. The van der Waals surface area contributed by atoms with E-state index in [9.17, 15) is 14.4 Å². The molecule has 0 aliphatic heterocycles. The van der Waals surface area contributed by atoms with Crippen LogP contribution in [0.15, 0.2) is 24.3 Å². The van der Waals surface area contributed by atoms with Crippen LogP contribution in [0, 0.1) is 11.8 Å². The fraction of sp³-hybridized carbons (Fsp3) is 0.400. The molecule has 0 heterocycles. The minimum atomic E-state index is -0.951. The molecule has 5 heteroatoms. The standard InChI is InChI=1S/C15H16O5/c1-19-14(17)11-7-9-5-3-4-6-10(9)8-12(13(11)16)15(18)20-2/h3-6,11-12H,7-8H2,1-2H3. The van der Waals surface area contributed by atoms with Crippen LogP contribution in [-0.2, 0) is 36.7 Å². The lowest BCUT2D eigenvalue weighted by molar-refractivity contribution is -0.155. The van der Waals surface area contributed by atoms with Crippen molar-refractivity contribution in [3.8, 4) is 0 Å². The molecule has 2 unspecified atom stereocenters. The van der Waals surface area contributed by atoms with Gasteiger partial charge in [0.05, 0.1) is 14.2 Å². The number of methoxy groups -OCH3 is 2. The predicted octanol–water partition coefficient (Wildman–Crippen LogP) is 0.933. The van der Waals surface area contributed by atoms with Crippen molar-refractivity contribution in [1.29, 1.82) is 0 Å². The lowest BCUT2D eigenvalue weighted by Gasteiger charge is -2.15. The van der Waals surface area contributed by atoms with Crippen LogP contribution in [0.3, 0.4) is 0 Å². The number of hydrogen-bond acceptors (Lipinski definition) is 5. The molecule has 5 nitrogen and oxygen atoms in total. The summed E-state index contributed by atoms with van der Waals surface area (Å²) in [6, 6.07) is 7.41. The fourth-order valence-electron chi connectivity index (χ4n) is 2.52. The van der Waals surface area contributed by atoms with Gasteiger partial charge in [-0.25, -0.2) is 0 Å². The zero-order valence-electron chi connectivity index (χ0n) is 11.4. The number of ether oxygens (including phenoxy) is 2. The summed E-state index contributed by atoms with van der Waals surface area (Å²) < 4.78 is 9.36.